The van der Waals surface area contributed by atoms with E-state index < -0.39 is 0 Å². The second-order valence-corrected chi connectivity index (χ2v) is 2.59. The summed E-state index contributed by atoms with van der Waals surface area (Å²) < 4.78 is 5.39. The van der Waals surface area contributed by atoms with E-state index in [0.717, 1.165) is 31.2 Å². The van der Waals surface area contributed by atoms with Crippen LogP contribution >= 0.6 is 0 Å². The topological polar surface area (TPSA) is 22.1 Å². The van der Waals surface area contributed by atoms with Crippen LogP contribution < -0.4 is 0 Å². The van der Waals surface area contributed by atoms with Crippen LogP contribution in [0.3, 0.4) is 0 Å². The van der Waals surface area contributed by atoms with Crippen LogP contribution in [0.2, 0.25) is 0 Å². The first-order chi connectivity index (χ1) is 5.47. The average molecular weight is 148 g/mol. The van der Waals surface area contributed by atoms with Crippen LogP contribution in [0, 0.1) is 6.10 Å². The molecule has 1 fully saturated rings. The van der Waals surface area contributed by atoms with Gasteiger partial charge in [0.15, 0.2) is 0 Å². The maximum atomic E-state index is 5.39. The Labute approximate surface area is 66.2 Å². The molecule has 1 aromatic heterocycles. The van der Waals surface area contributed by atoms with Gasteiger partial charge in [0.05, 0.1) is 5.69 Å². The summed E-state index contributed by atoms with van der Waals surface area (Å²) in [7, 11) is 0. The van der Waals surface area contributed by atoms with Crippen LogP contribution in [0.5, 0.6) is 0 Å². The third-order valence-corrected chi connectivity index (χ3v) is 1.78. The van der Waals surface area contributed by atoms with Gasteiger partial charge in [-0.2, -0.15) is 0 Å². The number of nitrogens with zero attached hydrogens (tertiary/aromatic N) is 1. The predicted octanol–water partition coefficient (Wildman–Crippen LogP) is 1.77. The lowest BCUT2D eigenvalue weighted by Crippen LogP contribution is -1.98. The SMILES string of the molecule is c1ccc([C]2CCCO2)nc1. The average Bonchev–Trinajstić information content (AvgIpc) is 2.58. The smallest absolute Gasteiger partial charge is 0.144 e. The molecule has 0 atom stereocenters. The molecule has 2 nitrogen and oxygen atoms in total. The van der Waals surface area contributed by atoms with Gasteiger partial charge in [-0.25, -0.2) is 0 Å². The highest BCUT2D eigenvalue weighted by molar-refractivity contribution is 5.19. The van der Waals surface area contributed by atoms with Crippen molar-refractivity contribution >= 4 is 0 Å². The first-order valence-corrected chi connectivity index (χ1v) is 3.87. The van der Waals surface area contributed by atoms with Crippen molar-refractivity contribution in [2.24, 2.45) is 0 Å². The molecule has 0 N–H and O–H groups in total. The lowest BCUT2D eigenvalue weighted by molar-refractivity contribution is 0.213. The molecule has 1 saturated heterocycles. The molecule has 11 heavy (non-hydrogen) atoms. The van der Waals surface area contributed by atoms with E-state index in [2.05, 4.69) is 4.98 Å². The zero-order valence-corrected chi connectivity index (χ0v) is 6.29. The van der Waals surface area contributed by atoms with Crippen LogP contribution in [0.25, 0.3) is 0 Å². The zero-order valence-electron chi connectivity index (χ0n) is 6.29. The largest absolute Gasteiger partial charge is 0.365 e. The summed E-state index contributed by atoms with van der Waals surface area (Å²) in [5.41, 5.74) is 0.991. The van der Waals surface area contributed by atoms with Crippen molar-refractivity contribution in [3.8, 4) is 0 Å². The summed E-state index contributed by atoms with van der Waals surface area (Å²) in [6.45, 7) is 0.853. The number of ether oxygens (including phenoxy) is 1. The summed E-state index contributed by atoms with van der Waals surface area (Å²) in [5, 5.41) is 0. The molecular weight excluding hydrogens is 138 g/mol. The Hall–Kier alpha value is -0.890. The molecule has 0 aliphatic carbocycles. The van der Waals surface area contributed by atoms with Crippen molar-refractivity contribution in [1.29, 1.82) is 0 Å². The first-order valence-electron chi connectivity index (χ1n) is 3.87. The van der Waals surface area contributed by atoms with Gasteiger partial charge in [0.25, 0.3) is 0 Å². The second kappa shape index (κ2) is 3.01. The molecule has 1 aliphatic rings. The van der Waals surface area contributed by atoms with Gasteiger partial charge in [0.1, 0.15) is 6.10 Å². The molecule has 2 rings (SSSR count). The van der Waals surface area contributed by atoms with E-state index in [9.17, 15) is 0 Å². The number of rotatable bonds is 1. The molecule has 2 heterocycles. The fourth-order valence-electron chi connectivity index (χ4n) is 1.23. The molecule has 1 radical (unpaired) electrons. The Morgan fingerprint density at radius 1 is 1.36 bits per heavy atom. The minimum atomic E-state index is 0.853. The summed E-state index contributed by atoms with van der Waals surface area (Å²) >= 11 is 0. The minimum absolute atomic E-state index is 0.853. The molecule has 57 valence electrons. The quantitative estimate of drug-likeness (QED) is 0.605. The van der Waals surface area contributed by atoms with Gasteiger partial charge >= 0.3 is 0 Å². The van der Waals surface area contributed by atoms with Crippen molar-refractivity contribution in [1.82, 2.24) is 4.98 Å². The highest BCUT2D eigenvalue weighted by atomic mass is 16.5. The monoisotopic (exact) mass is 148 g/mol. The van der Waals surface area contributed by atoms with Crippen LogP contribution in [0.4, 0.5) is 0 Å². The van der Waals surface area contributed by atoms with Gasteiger partial charge in [0, 0.05) is 12.8 Å². The summed E-state index contributed by atoms with van der Waals surface area (Å²) in [4.78, 5) is 4.20. The van der Waals surface area contributed by atoms with Crippen molar-refractivity contribution in [3.63, 3.8) is 0 Å². The van der Waals surface area contributed by atoms with Gasteiger partial charge in [-0.3, -0.25) is 4.98 Å². The Morgan fingerprint density at radius 3 is 3.00 bits per heavy atom. The molecule has 1 aromatic rings. The number of aromatic nitrogens is 1. The maximum absolute atomic E-state index is 5.39. The van der Waals surface area contributed by atoms with E-state index >= 15 is 0 Å². The molecular formula is C9H10NO. The molecule has 0 unspecified atom stereocenters. The normalized spacial score (nSPS) is 18.9. The van der Waals surface area contributed by atoms with Crippen molar-refractivity contribution in [2.75, 3.05) is 6.61 Å². The number of hydrogen-bond donors (Lipinski definition) is 0. The van der Waals surface area contributed by atoms with Gasteiger partial charge < -0.3 is 4.74 Å². The molecule has 2 heteroatoms. The summed E-state index contributed by atoms with van der Waals surface area (Å²) in [6.07, 6.45) is 5.01. The van der Waals surface area contributed by atoms with Crippen LogP contribution in [-0.4, -0.2) is 11.6 Å². The Bertz CT molecular complexity index is 216. The second-order valence-electron chi connectivity index (χ2n) is 2.59. The lowest BCUT2D eigenvalue weighted by atomic mass is 10.2. The van der Waals surface area contributed by atoms with E-state index in [1.54, 1.807) is 6.20 Å². The van der Waals surface area contributed by atoms with Crippen molar-refractivity contribution in [3.05, 3.63) is 36.2 Å². The fraction of sp³-hybridized carbons (Fsp3) is 0.333. The highest BCUT2D eigenvalue weighted by Gasteiger charge is 2.19. The standard InChI is InChI=1S/C9H10NO/c1-2-6-10-8(4-1)9-5-3-7-11-9/h1-2,4,6H,3,5,7H2. The molecule has 0 spiro atoms. The van der Waals surface area contributed by atoms with E-state index in [1.165, 1.54) is 0 Å². The third kappa shape index (κ3) is 1.40. The minimum Gasteiger partial charge on any atom is -0.365 e. The first kappa shape index (κ1) is 6.80. The Kier molecular flexibility index (Phi) is 1.86. The predicted molar refractivity (Wildman–Crippen MR) is 41.8 cm³/mol. The molecule has 0 aromatic carbocycles. The van der Waals surface area contributed by atoms with Crippen LogP contribution in [0.15, 0.2) is 24.4 Å². The Morgan fingerprint density at radius 2 is 2.36 bits per heavy atom. The van der Waals surface area contributed by atoms with E-state index in [1.807, 2.05) is 18.2 Å². The van der Waals surface area contributed by atoms with Crippen molar-refractivity contribution in [2.45, 2.75) is 12.8 Å². The van der Waals surface area contributed by atoms with Gasteiger partial charge in [-0.05, 0) is 25.0 Å². The molecule has 1 aliphatic heterocycles. The number of pyridine rings is 1. The van der Waals surface area contributed by atoms with E-state index in [-0.39, 0.29) is 0 Å². The molecule has 0 saturated carbocycles. The molecule has 0 amide bonds. The van der Waals surface area contributed by atoms with Gasteiger partial charge in [-0.15, -0.1) is 0 Å². The summed E-state index contributed by atoms with van der Waals surface area (Å²) in [5.74, 6) is 0. The van der Waals surface area contributed by atoms with E-state index in [0.29, 0.717) is 0 Å². The summed E-state index contributed by atoms with van der Waals surface area (Å²) in [6, 6.07) is 5.89. The van der Waals surface area contributed by atoms with Gasteiger partial charge in [-0.1, -0.05) is 6.07 Å². The third-order valence-electron chi connectivity index (χ3n) is 1.78. The highest BCUT2D eigenvalue weighted by Crippen LogP contribution is 2.25. The Balaban J connectivity index is 2.16. The number of hydrogen-bond acceptors (Lipinski definition) is 2. The van der Waals surface area contributed by atoms with Gasteiger partial charge in [0.2, 0.25) is 0 Å². The zero-order chi connectivity index (χ0) is 7.52. The van der Waals surface area contributed by atoms with Crippen LogP contribution in [-0.2, 0) is 4.74 Å². The fourth-order valence-corrected chi connectivity index (χ4v) is 1.23. The van der Waals surface area contributed by atoms with Crippen LogP contribution in [0.1, 0.15) is 18.5 Å². The lowest BCUT2D eigenvalue weighted by Gasteiger charge is -2.04. The maximum Gasteiger partial charge on any atom is 0.144 e. The van der Waals surface area contributed by atoms with E-state index in [4.69, 9.17) is 4.74 Å². The molecule has 0 bridgehead atoms. The van der Waals surface area contributed by atoms with Crippen molar-refractivity contribution < 1.29 is 4.74 Å².